The van der Waals surface area contributed by atoms with Gasteiger partial charge in [-0.1, -0.05) is 12.1 Å². The van der Waals surface area contributed by atoms with Gasteiger partial charge in [0.05, 0.1) is 6.04 Å². The van der Waals surface area contributed by atoms with Crippen LogP contribution in [0.5, 0.6) is 0 Å². The van der Waals surface area contributed by atoms with Crippen LogP contribution in [-0.2, 0) is 11.2 Å². The highest BCUT2D eigenvalue weighted by atomic mass is 16.1. The number of aryl methyl sites for hydroxylation is 1. The summed E-state index contributed by atoms with van der Waals surface area (Å²) in [6.07, 6.45) is 2.91. The molecule has 0 fully saturated rings. The smallest absolute Gasteiger partial charge is 0.224 e. The van der Waals surface area contributed by atoms with Crippen molar-refractivity contribution >= 4 is 23.1 Å². The van der Waals surface area contributed by atoms with Crippen LogP contribution in [0.3, 0.4) is 0 Å². The number of fused-ring (bicyclic) bond motifs is 2. The van der Waals surface area contributed by atoms with Gasteiger partial charge in [-0.3, -0.25) is 4.79 Å². The number of carbonyl (C=O) groups is 1. The van der Waals surface area contributed by atoms with Crippen molar-refractivity contribution in [3.8, 4) is 0 Å². The minimum absolute atomic E-state index is 0.0860. The molecule has 0 bridgehead atoms. The van der Waals surface area contributed by atoms with E-state index in [4.69, 9.17) is 0 Å². The number of hydrogen-bond acceptors (Lipinski definition) is 5. The lowest BCUT2D eigenvalue weighted by Gasteiger charge is -2.20. The molecule has 7 nitrogen and oxygen atoms in total. The molecule has 4 rings (SSSR count). The van der Waals surface area contributed by atoms with E-state index in [2.05, 4.69) is 38.9 Å². The molecule has 116 valence electrons. The Morgan fingerprint density at radius 1 is 1.26 bits per heavy atom. The molecule has 1 aliphatic heterocycles. The zero-order valence-corrected chi connectivity index (χ0v) is 12.7. The number of rotatable bonds is 3. The Morgan fingerprint density at radius 2 is 2.17 bits per heavy atom. The van der Waals surface area contributed by atoms with Gasteiger partial charge in [0.25, 0.3) is 0 Å². The van der Waals surface area contributed by atoms with Crippen LogP contribution in [-0.4, -0.2) is 25.7 Å². The predicted molar refractivity (Wildman–Crippen MR) is 86.2 cm³/mol. The van der Waals surface area contributed by atoms with Crippen LogP contribution < -0.4 is 10.6 Å². The van der Waals surface area contributed by atoms with E-state index in [9.17, 15) is 4.79 Å². The molecule has 3 heterocycles. The van der Waals surface area contributed by atoms with Crippen LogP contribution in [0.15, 0.2) is 36.7 Å². The summed E-state index contributed by atoms with van der Waals surface area (Å²) in [5.74, 6) is 0.846. The summed E-state index contributed by atoms with van der Waals surface area (Å²) in [5.41, 5.74) is 3.97. The second-order valence-electron chi connectivity index (χ2n) is 5.68. The molecule has 2 N–H and O–H groups in total. The van der Waals surface area contributed by atoms with Crippen molar-refractivity contribution in [1.82, 2.24) is 19.8 Å². The molecule has 0 unspecified atom stereocenters. The fourth-order valence-electron chi connectivity index (χ4n) is 2.78. The van der Waals surface area contributed by atoms with Crippen molar-refractivity contribution in [3.05, 3.63) is 47.8 Å². The third-order valence-electron chi connectivity index (χ3n) is 4.05. The molecule has 2 aromatic heterocycles. The van der Waals surface area contributed by atoms with Gasteiger partial charge in [0.2, 0.25) is 5.91 Å². The van der Waals surface area contributed by atoms with E-state index in [1.54, 1.807) is 10.8 Å². The second-order valence-corrected chi connectivity index (χ2v) is 5.68. The number of nitrogens with zero attached hydrogens (tertiary/aromatic N) is 4. The summed E-state index contributed by atoms with van der Waals surface area (Å²) in [6, 6.07) is 10.00. The molecular weight excluding hydrogens is 292 g/mol. The summed E-state index contributed by atoms with van der Waals surface area (Å²) < 4.78 is 1.64. The second kappa shape index (κ2) is 5.35. The number of aromatic nitrogens is 4. The number of anilines is 2. The molecule has 7 heteroatoms. The standard InChI is InChI=1S/C16H16N6O/c1-10(18-14-5-6-15-20-17-9-22(15)21-14)11-2-4-13-12(8-11)3-7-16(23)19-13/h2,4-6,8-10H,3,7H2,1H3,(H,18,21)(H,19,23)/t10-/m1/s1. The molecule has 23 heavy (non-hydrogen) atoms. The first-order chi connectivity index (χ1) is 11.2. The summed E-state index contributed by atoms with van der Waals surface area (Å²) in [6.45, 7) is 2.08. The molecule has 3 aromatic rings. The van der Waals surface area contributed by atoms with Gasteiger partial charge in [0.15, 0.2) is 5.65 Å². The van der Waals surface area contributed by atoms with Crippen molar-refractivity contribution in [2.24, 2.45) is 0 Å². The average Bonchev–Trinajstić information content (AvgIpc) is 3.02. The van der Waals surface area contributed by atoms with Crippen LogP contribution >= 0.6 is 0 Å². The number of nitrogens with one attached hydrogen (secondary N) is 2. The van der Waals surface area contributed by atoms with E-state index in [0.717, 1.165) is 23.5 Å². The Hall–Kier alpha value is -2.96. The zero-order chi connectivity index (χ0) is 15.8. The van der Waals surface area contributed by atoms with Crippen molar-refractivity contribution in [3.63, 3.8) is 0 Å². The summed E-state index contributed by atoms with van der Waals surface area (Å²) in [7, 11) is 0. The lowest BCUT2D eigenvalue weighted by molar-refractivity contribution is -0.116. The molecule has 0 spiro atoms. The SMILES string of the molecule is C[C@@H](Nc1ccc2nncn2n1)c1ccc2c(c1)CCC(=O)N2. The van der Waals surface area contributed by atoms with E-state index in [1.807, 2.05) is 24.3 Å². The van der Waals surface area contributed by atoms with Gasteiger partial charge in [-0.15, -0.1) is 15.3 Å². The first kappa shape index (κ1) is 13.7. The highest BCUT2D eigenvalue weighted by Crippen LogP contribution is 2.27. The molecule has 1 aromatic carbocycles. The third kappa shape index (κ3) is 2.61. The molecule has 1 atom stereocenters. The Morgan fingerprint density at radius 3 is 3.09 bits per heavy atom. The molecule has 0 aliphatic carbocycles. The first-order valence-electron chi connectivity index (χ1n) is 7.55. The van der Waals surface area contributed by atoms with Gasteiger partial charge in [-0.2, -0.15) is 4.52 Å². The van der Waals surface area contributed by atoms with E-state index in [0.29, 0.717) is 12.1 Å². The average molecular weight is 308 g/mol. The van der Waals surface area contributed by atoms with Crippen LogP contribution in [0.25, 0.3) is 5.65 Å². The maximum Gasteiger partial charge on any atom is 0.224 e. The zero-order valence-electron chi connectivity index (χ0n) is 12.7. The first-order valence-corrected chi connectivity index (χ1v) is 7.55. The highest BCUT2D eigenvalue weighted by molar-refractivity contribution is 5.93. The lowest BCUT2D eigenvalue weighted by atomic mass is 9.98. The highest BCUT2D eigenvalue weighted by Gasteiger charge is 2.16. The van der Waals surface area contributed by atoms with Gasteiger partial charge in [-0.25, -0.2) is 0 Å². The van der Waals surface area contributed by atoms with Crippen LogP contribution in [0.1, 0.15) is 30.5 Å². The van der Waals surface area contributed by atoms with E-state index >= 15 is 0 Å². The van der Waals surface area contributed by atoms with Crippen LogP contribution in [0.2, 0.25) is 0 Å². The maximum absolute atomic E-state index is 11.4. The summed E-state index contributed by atoms with van der Waals surface area (Å²) in [4.78, 5) is 11.4. The summed E-state index contributed by atoms with van der Waals surface area (Å²) >= 11 is 0. The van der Waals surface area contributed by atoms with Crippen molar-refractivity contribution in [1.29, 1.82) is 0 Å². The monoisotopic (exact) mass is 308 g/mol. The third-order valence-corrected chi connectivity index (χ3v) is 4.05. The van der Waals surface area contributed by atoms with E-state index in [1.165, 1.54) is 5.56 Å². The Bertz CT molecular complexity index is 887. The molecule has 0 saturated heterocycles. The van der Waals surface area contributed by atoms with Crippen molar-refractivity contribution in [2.45, 2.75) is 25.8 Å². The van der Waals surface area contributed by atoms with Gasteiger partial charge >= 0.3 is 0 Å². The number of carbonyl (C=O) groups excluding carboxylic acids is 1. The minimum atomic E-state index is 0.0860. The molecule has 0 saturated carbocycles. The molecule has 1 amide bonds. The fourth-order valence-corrected chi connectivity index (χ4v) is 2.78. The quantitative estimate of drug-likeness (QED) is 0.775. The fraction of sp³-hybridized carbons (Fsp3) is 0.250. The number of hydrogen-bond donors (Lipinski definition) is 2. The predicted octanol–water partition coefficient (Wildman–Crippen LogP) is 2.18. The summed E-state index contributed by atoms with van der Waals surface area (Å²) in [5, 5.41) is 18.5. The van der Waals surface area contributed by atoms with Crippen LogP contribution in [0, 0.1) is 0 Å². The Balaban J connectivity index is 1.56. The largest absolute Gasteiger partial charge is 0.362 e. The van der Waals surface area contributed by atoms with Crippen molar-refractivity contribution in [2.75, 3.05) is 10.6 Å². The number of amides is 1. The normalized spacial score (nSPS) is 15.1. The van der Waals surface area contributed by atoms with E-state index in [-0.39, 0.29) is 11.9 Å². The van der Waals surface area contributed by atoms with E-state index < -0.39 is 0 Å². The van der Waals surface area contributed by atoms with Crippen molar-refractivity contribution < 1.29 is 4.79 Å². The van der Waals surface area contributed by atoms with Gasteiger partial charge in [-0.05, 0) is 42.7 Å². The van der Waals surface area contributed by atoms with Gasteiger partial charge < -0.3 is 10.6 Å². The Kier molecular flexibility index (Phi) is 3.18. The molecule has 0 radical (unpaired) electrons. The van der Waals surface area contributed by atoms with Gasteiger partial charge in [0, 0.05) is 12.1 Å². The Labute approximate surface area is 132 Å². The number of benzene rings is 1. The lowest BCUT2D eigenvalue weighted by Crippen LogP contribution is -2.19. The molecule has 1 aliphatic rings. The van der Waals surface area contributed by atoms with Gasteiger partial charge in [0.1, 0.15) is 12.1 Å². The van der Waals surface area contributed by atoms with Crippen LogP contribution in [0.4, 0.5) is 11.5 Å². The molecular formula is C16H16N6O. The minimum Gasteiger partial charge on any atom is -0.362 e. The topological polar surface area (TPSA) is 84.2 Å². The maximum atomic E-state index is 11.4.